The Morgan fingerprint density at radius 2 is 1.62 bits per heavy atom. The van der Waals surface area contributed by atoms with Gasteiger partial charge in [0, 0.05) is 11.2 Å². The van der Waals surface area contributed by atoms with E-state index in [9.17, 15) is 0 Å². The number of allylic oxidation sites excluding steroid dienone is 1. The van der Waals surface area contributed by atoms with Gasteiger partial charge in [0.05, 0.1) is 0 Å². The predicted octanol–water partition coefficient (Wildman–Crippen LogP) is 3.71. The molecule has 0 amide bonds. The van der Waals surface area contributed by atoms with Crippen molar-refractivity contribution < 1.29 is 0 Å². The van der Waals surface area contributed by atoms with E-state index in [0.29, 0.717) is 5.54 Å². The Morgan fingerprint density at radius 3 is 2.06 bits per heavy atom. The van der Waals surface area contributed by atoms with Crippen LogP contribution >= 0.6 is 0 Å². The quantitative estimate of drug-likeness (QED) is 0.763. The van der Waals surface area contributed by atoms with Crippen molar-refractivity contribution in [3.05, 3.63) is 12.3 Å². The van der Waals surface area contributed by atoms with Crippen LogP contribution in [0.3, 0.4) is 0 Å². The molecular formula is C15H25N. The standard InChI is InChI=1S/C15H25N/c1-4-10(2)16-15(3)13-6-11-5-12(8-13)9-14(15)7-11/h11-14,16H,2,4-9H2,1,3H3. The summed E-state index contributed by atoms with van der Waals surface area (Å²) in [4.78, 5) is 0. The van der Waals surface area contributed by atoms with Gasteiger partial charge in [-0.05, 0) is 69.1 Å². The number of hydrogen-bond acceptors (Lipinski definition) is 1. The van der Waals surface area contributed by atoms with Crippen molar-refractivity contribution in [2.75, 3.05) is 0 Å². The number of nitrogens with one attached hydrogen (secondary N) is 1. The van der Waals surface area contributed by atoms with Gasteiger partial charge in [-0.25, -0.2) is 0 Å². The van der Waals surface area contributed by atoms with Crippen LogP contribution in [0.5, 0.6) is 0 Å². The first-order valence-electron chi connectivity index (χ1n) is 7.07. The molecule has 0 aromatic heterocycles. The molecule has 0 aliphatic heterocycles. The first kappa shape index (κ1) is 10.7. The maximum atomic E-state index is 4.16. The fourth-order valence-corrected chi connectivity index (χ4v) is 4.84. The summed E-state index contributed by atoms with van der Waals surface area (Å²) in [5, 5.41) is 3.79. The normalized spacial score (nSPS) is 49.4. The third kappa shape index (κ3) is 1.43. The highest BCUT2D eigenvalue weighted by atomic mass is 15.0. The predicted molar refractivity (Wildman–Crippen MR) is 68.0 cm³/mol. The third-order valence-electron chi connectivity index (χ3n) is 5.71. The van der Waals surface area contributed by atoms with E-state index in [1.54, 1.807) is 0 Å². The molecule has 4 rings (SSSR count). The molecule has 4 fully saturated rings. The lowest BCUT2D eigenvalue weighted by molar-refractivity contribution is -0.0605. The zero-order valence-electron chi connectivity index (χ0n) is 10.8. The third-order valence-corrected chi connectivity index (χ3v) is 5.71. The highest BCUT2D eigenvalue weighted by molar-refractivity contribution is 5.12. The molecular weight excluding hydrogens is 194 g/mol. The van der Waals surface area contributed by atoms with E-state index in [0.717, 1.165) is 30.1 Å². The van der Waals surface area contributed by atoms with E-state index in [-0.39, 0.29) is 0 Å². The molecule has 4 aliphatic carbocycles. The zero-order valence-corrected chi connectivity index (χ0v) is 10.8. The number of hydrogen-bond donors (Lipinski definition) is 1. The van der Waals surface area contributed by atoms with Gasteiger partial charge in [-0.2, -0.15) is 0 Å². The Hall–Kier alpha value is -0.460. The van der Waals surface area contributed by atoms with Crippen molar-refractivity contribution in [2.24, 2.45) is 23.7 Å². The highest BCUT2D eigenvalue weighted by Crippen LogP contribution is 2.58. The Labute approximate surface area is 99.7 Å². The van der Waals surface area contributed by atoms with Crippen LogP contribution in [-0.2, 0) is 0 Å². The van der Waals surface area contributed by atoms with Gasteiger partial charge in [0.2, 0.25) is 0 Å². The molecule has 0 aromatic rings. The van der Waals surface area contributed by atoms with Gasteiger partial charge in [-0.15, -0.1) is 0 Å². The average Bonchev–Trinajstić information content (AvgIpc) is 2.25. The first-order chi connectivity index (χ1) is 7.61. The summed E-state index contributed by atoms with van der Waals surface area (Å²) >= 11 is 0. The number of rotatable bonds is 3. The average molecular weight is 219 g/mol. The molecule has 1 nitrogen and oxygen atoms in total. The maximum absolute atomic E-state index is 4.16. The molecule has 4 aliphatic rings. The van der Waals surface area contributed by atoms with Gasteiger partial charge in [-0.3, -0.25) is 0 Å². The van der Waals surface area contributed by atoms with Crippen molar-refractivity contribution >= 4 is 0 Å². The van der Waals surface area contributed by atoms with Crippen molar-refractivity contribution in [3.8, 4) is 0 Å². The minimum Gasteiger partial charge on any atom is -0.383 e. The molecule has 16 heavy (non-hydrogen) atoms. The van der Waals surface area contributed by atoms with E-state index in [1.165, 1.54) is 37.8 Å². The molecule has 1 heteroatoms. The minimum absolute atomic E-state index is 0.376. The molecule has 0 heterocycles. The Balaban J connectivity index is 1.82. The second kappa shape index (κ2) is 3.51. The summed E-state index contributed by atoms with van der Waals surface area (Å²) < 4.78 is 0. The largest absolute Gasteiger partial charge is 0.383 e. The molecule has 4 bridgehead atoms. The van der Waals surface area contributed by atoms with Gasteiger partial charge >= 0.3 is 0 Å². The molecule has 0 radical (unpaired) electrons. The molecule has 0 unspecified atom stereocenters. The van der Waals surface area contributed by atoms with Crippen LogP contribution in [0.15, 0.2) is 12.3 Å². The van der Waals surface area contributed by atoms with E-state index in [2.05, 4.69) is 25.7 Å². The van der Waals surface area contributed by atoms with Crippen LogP contribution in [0.2, 0.25) is 0 Å². The summed E-state index contributed by atoms with van der Waals surface area (Å²) in [6.07, 6.45) is 8.53. The lowest BCUT2D eigenvalue weighted by Gasteiger charge is -2.60. The van der Waals surface area contributed by atoms with Crippen molar-refractivity contribution in [2.45, 2.75) is 57.9 Å². The van der Waals surface area contributed by atoms with Gasteiger partial charge in [0.15, 0.2) is 0 Å². The Kier molecular flexibility index (Phi) is 2.35. The van der Waals surface area contributed by atoms with Crippen LogP contribution < -0.4 is 5.32 Å². The second-order valence-corrected chi connectivity index (χ2v) is 6.67. The molecule has 1 N–H and O–H groups in total. The summed E-state index contributed by atoms with van der Waals surface area (Å²) in [6, 6.07) is 0. The topological polar surface area (TPSA) is 12.0 Å². The zero-order chi connectivity index (χ0) is 11.3. The summed E-state index contributed by atoms with van der Waals surface area (Å²) in [6.45, 7) is 8.84. The molecule has 0 aromatic carbocycles. The fraction of sp³-hybridized carbons (Fsp3) is 0.867. The molecule has 4 saturated carbocycles. The maximum Gasteiger partial charge on any atom is 0.0399 e. The lowest BCUT2D eigenvalue weighted by atomic mass is 9.49. The van der Waals surface area contributed by atoms with Crippen LogP contribution in [-0.4, -0.2) is 5.54 Å². The van der Waals surface area contributed by atoms with E-state index >= 15 is 0 Å². The van der Waals surface area contributed by atoms with Crippen molar-refractivity contribution in [1.82, 2.24) is 5.32 Å². The van der Waals surface area contributed by atoms with Gasteiger partial charge in [0.25, 0.3) is 0 Å². The summed E-state index contributed by atoms with van der Waals surface area (Å²) in [7, 11) is 0. The first-order valence-corrected chi connectivity index (χ1v) is 7.07. The van der Waals surface area contributed by atoms with Crippen LogP contribution in [0.25, 0.3) is 0 Å². The van der Waals surface area contributed by atoms with Crippen molar-refractivity contribution in [3.63, 3.8) is 0 Å². The monoisotopic (exact) mass is 219 g/mol. The lowest BCUT2D eigenvalue weighted by Crippen LogP contribution is -2.62. The van der Waals surface area contributed by atoms with E-state index < -0.39 is 0 Å². The van der Waals surface area contributed by atoms with E-state index in [4.69, 9.17) is 0 Å². The molecule has 0 saturated heterocycles. The molecule has 0 spiro atoms. The summed E-state index contributed by atoms with van der Waals surface area (Å²) in [5.41, 5.74) is 1.62. The van der Waals surface area contributed by atoms with Crippen molar-refractivity contribution in [1.29, 1.82) is 0 Å². The Bertz CT molecular complexity index is 277. The fourth-order valence-electron chi connectivity index (χ4n) is 4.84. The summed E-state index contributed by atoms with van der Waals surface area (Å²) in [5.74, 6) is 3.97. The van der Waals surface area contributed by atoms with Gasteiger partial charge in [-0.1, -0.05) is 13.5 Å². The highest BCUT2D eigenvalue weighted by Gasteiger charge is 2.54. The van der Waals surface area contributed by atoms with Gasteiger partial charge < -0.3 is 5.32 Å². The molecule has 90 valence electrons. The van der Waals surface area contributed by atoms with Crippen LogP contribution in [0.1, 0.15) is 52.4 Å². The second-order valence-electron chi connectivity index (χ2n) is 6.67. The van der Waals surface area contributed by atoms with Gasteiger partial charge in [0.1, 0.15) is 0 Å². The minimum atomic E-state index is 0.376. The Morgan fingerprint density at radius 1 is 1.12 bits per heavy atom. The SMILES string of the molecule is C=C(CC)NC1(C)C2CC3CC(C2)CC1C3. The smallest absolute Gasteiger partial charge is 0.0399 e. The molecule has 0 atom stereocenters. The van der Waals surface area contributed by atoms with E-state index in [1.807, 2.05) is 0 Å². The van der Waals surface area contributed by atoms with Crippen LogP contribution in [0, 0.1) is 23.7 Å². The van der Waals surface area contributed by atoms with Crippen LogP contribution in [0.4, 0.5) is 0 Å².